The number of rotatable bonds is 4. The summed E-state index contributed by atoms with van der Waals surface area (Å²) in [6.07, 6.45) is 6.01. The minimum absolute atomic E-state index is 0.206. The van der Waals surface area contributed by atoms with Crippen LogP contribution >= 0.6 is 11.5 Å². The van der Waals surface area contributed by atoms with Gasteiger partial charge in [-0.2, -0.15) is 9.64 Å². The molecule has 0 unspecified atom stereocenters. The van der Waals surface area contributed by atoms with Crippen LogP contribution in [0, 0.1) is 11.3 Å². The fraction of sp³-hybridized carbons (Fsp3) is 0.375. The number of anilines is 2. The smallest absolute Gasteiger partial charge is 0.246 e. The SMILES string of the molecule is N#Cc1c(OC2CCCCC2)nsc1Nc1ccccc1. The molecule has 1 saturated carbocycles. The maximum Gasteiger partial charge on any atom is 0.246 e. The predicted molar refractivity (Wildman–Crippen MR) is 84.1 cm³/mol. The largest absolute Gasteiger partial charge is 0.473 e. The molecule has 1 aromatic carbocycles. The van der Waals surface area contributed by atoms with Gasteiger partial charge < -0.3 is 10.1 Å². The maximum atomic E-state index is 9.39. The molecule has 0 amide bonds. The van der Waals surface area contributed by atoms with Crippen molar-refractivity contribution in [2.24, 2.45) is 0 Å². The zero-order valence-electron chi connectivity index (χ0n) is 11.7. The van der Waals surface area contributed by atoms with E-state index >= 15 is 0 Å². The summed E-state index contributed by atoms with van der Waals surface area (Å²) in [5.41, 5.74) is 1.45. The quantitative estimate of drug-likeness (QED) is 0.905. The third kappa shape index (κ3) is 3.34. The molecule has 4 nitrogen and oxygen atoms in total. The number of benzene rings is 1. The van der Waals surface area contributed by atoms with E-state index in [-0.39, 0.29) is 6.10 Å². The second-order valence-electron chi connectivity index (χ2n) is 5.17. The molecule has 2 aromatic rings. The number of ether oxygens (including phenoxy) is 1. The monoisotopic (exact) mass is 299 g/mol. The summed E-state index contributed by atoms with van der Waals surface area (Å²) in [6.45, 7) is 0. The van der Waals surface area contributed by atoms with Crippen molar-refractivity contribution < 1.29 is 4.74 Å². The number of nitriles is 1. The molecule has 108 valence electrons. The summed E-state index contributed by atoms with van der Waals surface area (Å²) < 4.78 is 10.2. The number of hydrogen-bond donors (Lipinski definition) is 1. The van der Waals surface area contributed by atoms with Gasteiger partial charge in [-0.05, 0) is 49.3 Å². The number of hydrogen-bond acceptors (Lipinski definition) is 5. The minimum Gasteiger partial charge on any atom is -0.473 e. The van der Waals surface area contributed by atoms with Crippen LogP contribution in [0.5, 0.6) is 5.88 Å². The molecule has 1 aliphatic rings. The Kier molecular flexibility index (Phi) is 4.37. The van der Waals surface area contributed by atoms with Gasteiger partial charge in [0.25, 0.3) is 0 Å². The van der Waals surface area contributed by atoms with E-state index in [4.69, 9.17) is 4.74 Å². The summed E-state index contributed by atoms with van der Waals surface area (Å²) >= 11 is 1.28. The second-order valence-corrected chi connectivity index (χ2v) is 5.95. The van der Waals surface area contributed by atoms with Crippen LogP contribution in [0.1, 0.15) is 37.7 Å². The third-order valence-corrected chi connectivity index (χ3v) is 4.38. The summed E-state index contributed by atoms with van der Waals surface area (Å²) in [5.74, 6) is 0.479. The van der Waals surface area contributed by atoms with Gasteiger partial charge in [0.05, 0.1) is 0 Å². The first kappa shape index (κ1) is 13.9. The highest BCUT2D eigenvalue weighted by molar-refractivity contribution is 7.10. The molecule has 21 heavy (non-hydrogen) atoms. The number of nitrogens with one attached hydrogen (secondary N) is 1. The predicted octanol–water partition coefficient (Wildman–Crippen LogP) is 4.47. The fourth-order valence-electron chi connectivity index (χ4n) is 2.53. The van der Waals surface area contributed by atoms with Gasteiger partial charge in [0.2, 0.25) is 5.88 Å². The highest BCUT2D eigenvalue weighted by Gasteiger charge is 2.21. The minimum atomic E-state index is 0.206. The first-order chi connectivity index (χ1) is 10.4. The summed E-state index contributed by atoms with van der Waals surface area (Å²) in [5, 5.41) is 13.4. The molecule has 0 bridgehead atoms. The van der Waals surface area contributed by atoms with Crippen LogP contribution in [0.4, 0.5) is 10.7 Å². The van der Waals surface area contributed by atoms with E-state index in [0.717, 1.165) is 23.5 Å². The Morgan fingerprint density at radius 2 is 1.95 bits per heavy atom. The molecule has 0 aliphatic heterocycles. The first-order valence-corrected chi connectivity index (χ1v) is 8.02. The van der Waals surface area contributed by atoms with Gasteiger partial charge in [-0.25, -0.2) is 0 Å². The summed E-state index contributed by atoms with van der Waals surface area (Å²) in [4.78, 5) is 0. The Labute approximate surface area is 128 Å². The van der Waals surface area contributed by atoms with Gasteiger partial charge in [0.1, 0.15) is 17.2 Å². The highest BCUT2D eigenvalue weighted by Crippen LogP contribution is 2.34. The van der Waals surface area contributed by atoms with Gasteiger partial charge in [0.15, 0.2) is 5.56 Å². The van der Waals surface area contributed by atoms with Crippen molar-refractivity contribution in [1.29, 1.82) is 5.26 Å². The molecule has 0 saturated heterocycles. The fourth-order valence-corrected chi connectivity index (χ4v) is 3.23. The van der Waals surface area contributed by atoms with E-state index in [2.05, 4.69) is 15.8 Å². The third-order valence-electron chi connectivity index (χ3n) is 3.63. The van der Waals surface area contributed by atoms with Gasteiger partial charge in [-0.1, -0.05) is 24.6 Å². The lowest BCUT2D eigenvalue weighted by Crippen LogP contribution is -2.20. The van der Waals surface area contributed by atoms with Crippen LogP contribution in [-0.4, -0.2) is 10.5 Å². The molecule has 1 fully saturated rings. The summed E-state index contributed by atoms with van der Waals surface area (Å²) in [7, 11) is 0. The number of para-hydroxylation sites is 1. The molecule has 1 N–H and O–H groups in total. The van der Waals surface area contributed by atoms with Crippen LogP contribution < -0.4 is 10.1 Å². The van der Waals surface area contributed by atoms with E-state index in [1.165, 1.54) is 30.8 Å². The Hall–Kier alpha value is -2.06. The molecule has 3 rings (SSSR count). The average molecular weight is 299 g/mol. The van der Waals surface area contributed by atoms with E-state index in [0.29, 0.717) is 11.4 Å². The van der Waals surface area contributed by atoms with Crippen molar-refractivity contribution in [3.05, 3.63) is 35.9 Å². The lowest BCUT2D eigenvalue weighted by atomic mass is 9.98. The molecule has 0 spiro atoms. The second kappa shape index (κ2) is 6.59. The normalized spacial score (nSPS) is 15.4. The van der Waals surface area contributed by atoms with Crippen molar-refractivity contribution in [1.82, 2.24) is 4.37 Å². The average Bonchev–Trinajstić information content (AvgIpc) is 2.91. The van der Waals surface area contributed by atoms with E-state index in [1.807, 2.05) is 30.3 Å². The standard InChI is InChI=1S/C16H17N3OS/c17-11-14-15(20-13-9-5-2-6-10-13)19-21-16(14)18-12-7-3-1-4-8-12/h1,3-4,7-8,13,18H,2,5-6,9-10H2. The topological polar surface area (TPSA) is 57.9 Å². The molecular weight excluding hydrogens is 282 g/mol. The van der Waals surface area contributed by atoms with E-state index in [9.17, 15) is 5.26 Å². The zero-order valence-corrected chi connectivity index (χ0v) is 12.5. The molecular formula is C16H17N3OS. The van der Waals surface area contributed by atoms with Crippen LogP contribution in [-0.2, 0) is 0 Å². The molecule has 1 aliphatic carbocycles. The van der Waals surface area contributed by atoms with Crippen molar-refractivity contribution in [3.8, 4) is 11.9 Å². The number of nitrogens with zero attached hydrogens (tertiary/aromatic N) is 2. The van der Waals surface area contributed by atoms with Crippen LogP contribution in [0.3, 0.4) is 0 Å². The molecule has 1 aromatic heterocycles. The van der Waals surface area contributed by atoms with Gasteiger partial charge in [-0.3, -0.25) is 0 Å². The van der Waals surface area contributed by atoms with Crippen molar-refractivity contribution in [2.45, 2.75) is 38.2 Å². The van der Waals surface area contributed by atoms with Gasteiger partial charge >= 0.3 is 0 Å². The molecule has 1 heterocycles. The summed E-state index contributed by atoms with van der Waals surface area (Å²) in [6, 6.07) is 12.0. The van der Waals surface area contributed by atoms with Crippen LogP contribution in [0.25, 0.3) is 0 Å². The molecule has 5 heteroatoms. The first-order valence-electron chi connectivity index (χ1n) is 7.25. The number of aromatic nitrogens is 1. The van der Waals surface area contributed by atoms with Crippen LogP contribution in [0.15, 0.2) is 30.3 Å². The highest BCUT2D eigenvalue weighted by atomic mass is 32.1. The maximum absolute atomic E-state index is 9.39. The lowest BCUT2D eigenvalue weighted by molar-refractivity contribution is 0.150. The van der Waals surface area contributed by atoms with E-state index in [1.54, 1.807) is 0 Å². The Balaban J connectivity index is 1.75. The van der Waals surface area contributed by atoms with Crippen molar-refractivity contribution in [3.63, 3.8) is 0 Å². The Bertz CT molecular complexity index is 627. The van der Waals surface area contributed by atoms with E-state index < -0.39 is 0 Å². The lowest BCUT2D eigenvalue weighted by Gasteiger charge is -2.21. The Morgan fingerprint density at radius 1 is 1.19 bits per heavy atom. The molecule has 0 atom stereocenters. The van der Waals surface area contributed by atoms with Crippen molar-refractivity contribution >= 4 is 22.2 Å². The van der Waals surface area contributed by atoms with Gasteiger partial charge in [0, 0.05) is 5.69 Å². The zero-order chi connectivity index (χ0) is 14.5. The Morgan fingerprint density at radius 3 is 2.67 bits per heavy atom. The van der Waals surface area contributed by atoms with Gasteiger partial charge in [-0.15, -0.1) is 0 Å². The van der Waals surface area contributed by atoms with Crippen LogP contribution in [0.2, 0.25) is 0 Å². The van der Waals surface area contributed by atoms with Crippen molar-refractivity contribution in [2.75, 3.05) is 5.32 Å². The molecule has 0 radical (unpaired) electrons.